The van der Waals surface area contributed by atoms with Crippen LogP contribution in [0.1, 0.15) is 6.42 Å². The molecule has 146 valence electrons. The van der Waals surface area contributed by atoms with Gasteiger partial charge in [-0.25, -0.2) is 18.4 Å². The average molecular weight is 390 g/mol. The van der Waals surface area contributed by atoms with E-state index in [4.69, 9.17) is 0 Å². The van der Waals surface area contributed by atoms with Gasteiger partial charge in [0.15, 0.2) is 9.84 Å². The molecule has 0 aliphatic carbocycles. The molecule has 2 aliphatic heterocycles. The third kappa shape index (κ3) is 4.01. The van der Waals surface area contributed by atoms with Crippen LogP contribution in [0.15, 0.2) is 24.5 Å². The molecule has 0 N–H and O–H groups in total. The average Bonchev–Trinajstić information content (AvgIpc) is 2.99. The van der Waals surface area contributed by atoms with Gasteiger partial charge in [-0.15, -0.1) is 0 Å². The fraction of sp³-hybridized carbons (Fsp3) is 0.579. The van der Waals surface area contributed by atoms with Crippen molar-refractivity contribution in [3.63, 3.8) is 0 Å². The molecular weight excluding hydrogens is 362 g/mol. The van der Waals surface area contributed by atoms with Gasteiger partial charge in [-0.05, 0) is 30.5 Å². The van der Waals surface area contributed by atoms with Crippen molar-refractivity contribution in [3.8, 4) is 0 Å². The topological polar surface area (TPSA) is 69.6 Å². The van der Waals surface area contributed by atoms with Gasteiger partial charge in [-0.1, -0.05) is 0 Å². The van der Waals surface area contributed by atoms with Gasteiger partial charge < -0.3 is 9.80 Å². The lowest BCUT2D eigenvalue weighted by Gasteiger charge is -2.37. The van der Waals surface area contributed by atoms with Crippen LogP contribution in [0.25, 0.3) is 10.9 Å². The minimum atomic E-state index is -2.78. The first-order valence-corrected chi connectivity index (χ1v) is 11.3. The number of hydrogen-bond donors (Lipinski definition) is 0. The molecule has 2 saturated heterocycles. The summed E-state index contributed by atoms with van der Waals surface area (Å²) in [4.78, 5) is 15.6. The zero-order chi connectivity index (χ0) is 19.0. The summed E-state index contributed by atoms with van der Waals surface area (Å²) in [7, 11) is 1.21. The third-order valence-electron chi connectivity index (χ3n) is 5.60. The zero-order valence-corrected chi connectivity index (χ0v) is 16.8. The van der Waals surface area contributed by atoms with Crippen molar-refractivity contribution in [2.24, 2.45) is 5.92 Å². The first-order chi connectivity index (χ1) is 12.9. The molecule has 2 fully saturated rings. The molecule has 2 aliphatic rings. The Kier molecular flexibility index (Phi) is 4.94. The fourth-order valence-electron chi connectivity index (χ4n) is 4.15. The Bertz CT molecular complexity index is 923. The molecule has 1 atom stereocenters. The van der Waals surface area contributed by atoms with Crippen molar-refractivity contribution in [2.75, 3.05) is 68.1 Å². The van der Waals surface area contributed by atoms with Gasteiger partial charge in [0.05, 0.1) is 17.0 Å². The molecule has 0 spiro atoms. The van der Waals surface area contributed by atoms with Crippen LogP contribution in [-0.4, -0.2) is 81.6 Å². The summed E-state index contributed by atoms with van der Waals surface area (Å²) in [6.45, 7) is 4.76. The number of anilines is 2. The molecule has 0 bridgehead atoms. The molecule has 0 amide bonds. The molecule has 0 saturated carbocycles. The third-order valence-corrected chi connectivity index (χ3v) is 7.44. The second kappa shape index (κ2) is 7.24. The number of piperazine rings is 1. The van der Waals surface area contributed by atoms with Gasteiger partial charge in [0, 0.05) is 57.9 Å². The summed E-state index contributed by atoms with van der Waals surface area (Å²) in [5.74, 6) is 1.97. The van der Waals surface area contributed by atoms with Crippen LogP contribution < -0.4 is 9.80 Å². The predicted molar refractivity (Wildman–Crippen MR) is 109 cm³/mol. The first-order valence-electron chi connectivity index (χ1n) is 9.51. The van der Waals surface area contributed by atoms with E-state index >= 15 is 0 Å². The lowest BCUT2D eigenvalue weighted by molar-refractivity contribution is 0.227. The van der Waals surface area contributed by atoms with Crippen LogP contribution in [0.4, 0.5) is 11.5 Å². The smallest absolute Gasteiger partial charge is 0.150 e. The minimum absolute atomic E-state index is 0.307. The molecule has 7 nitrogen and oxygen atoms in total. The summed E-state index contributed by atoms with van der Waals surface area (Å²) >= 11 is 0. The van der Waals surface area contributed by atoms with E-state index < -0.39 is 9.84 Å². The molecule has 1 aromatic heterocycles. The largest absolute Gasteiger partial charge is 0.369 e. The highest BCUT2D eigenvalue weighted by Crippen LogP contribution is 2.27. The maximum atomic E-state index is 11.7. The predicted octanol–water partition coefficient (Wildman–Crippen LogP) is 1.25. The van der Waals surface area contributed by atoms with E-state index in [9.17, 15) is 8.42 Å². The Morgan fingerprint density at radius 1 is 1.15 bits per heavy atom. The molecular formula is C19H27N5O2S. The summed E-state index contributed by atoms with van der Waals surface area (Å²) < 4.78 is 23.3. The number of aromatic nitrogens is 2. The highest BCUT2D eigenvalue weighted by Gasteiger charge is 2.30. The van der Waals surface area contributed by atoms with Crippen LogP contribution in [0.3, 0.4) is 0 Å². The highest BCUT2D eigenvalue weighted by molar-refractivity contribution is 7.91. The van der Waals surface area contributed by atoms with Gasteiger partial charge in [0.25, 0.3) is 0 Å². The molecule has 1 aromatic carbocycles. The lowest BCUT2D eigenvalue weighted by atomic mass is 10.1. The van der Waals surface area contributed by atoms with E-state index in [1.165, 1.54) is 5.69 Å². The molecule has 1 unspecified atom stereocenters. The summed E-state index contributed by atoms with van der Waals surface area (Å²) in [5, 5.41) is 1.07. The highest BCUT2D eigenvalue weighted by atomic mass is 32.2. The number of rotatable bonds is 4. The van der Waals surface area contributed by atoms with E-state index in [0.717, 1.165) is 55.9 Å². The SMILES string of the molecule is CN(C)c1ncnc2ccc(N3CCN(CC4CCS(=O)(=O)C4)CC3)cc12. The summed E-state index contributed by atoms with van der Waals surface area (Å²) in [5.41, 5.74) is 2.15. The number of hydrogen-bond acceptors (Lipinski definition) is 7. The standard InChI is InChI=1S/C19H27N5O2S/c1-22(2)19-17-11-16(3-4-18(17)20-14-21-19)24-8-6-23(7-9-24)12-15-5-10-27(25,26)13-15/h3-4,11,14-15H,5-10,12-13H2,1-2H3. The Hall–Kier alpha value is -1.93. The zero-order valence-electron chi connectivity index (χ0n) is 16.0. The van der Waals surface area contributed by atoms with Crippen LogP contribution in [-0.2, 0) is 9.84 Å². The van der Waals surface area contributed by atoms with Gasteiger partial charge in [-0.2, -0.15) is 0 Å². The van der Waals surface area contributed by atoms with E-state index in [-0.39, 0.29) is 0 Å². The van der Waals surface area contributed by atoms with Crippen LogP contribution in [0, 0.1) is 5.92 Å². The van der Waals surface area contributed by atoms with Gasteiger partial charge >= 0.3 is 0 Å². The van der Waals surface area contributed by atoms with Crippen LogP contribution in [0.2, 0.25) is 0 Å². The number of fused-ring (bicyclic) bond motifs is 1. The Morgan fingerprint density at radius 3 is 2.59 bits per heavy atom. The van der Waals surface area contributed by atoms with Crippen molar-refractivity contribution in [1.82, 2.24) is 14.9 Å². The van der Waals surface area contributed by atoms with Crippen LogP contribution in [0.5, 0.6) is 0 Å². The normalized spacial score (nSPS) is 23.0. The van der Waals surface area contributed by atoms with Crippen molar-refractivity contribution in [2.45, 2.75) is 6.42 Å². The molecule has 2 aromatic rings. The van der Waals surface area contributed by atoms with Gasteiger partial charge in [0.1, 0.15) is 12.1 Å². The van der Waals surface area contributed by atoms with E-state index in [0.29, 0.717) is 17.4 Å². The molecule has 3 heterocycles. The first kappa shape index (κ1) is 18.4. The van der Waals surface area contributed by atoms with Crippen molar-refractivity contribution in [3.05, 3.63) is 24.5 Å². The minimum Gasteiger partial charge on any atom is -0.369 e. The Balaban J connectivity index is 1.43. The lowest BCUT2D eigenvalue weighted by Crippen LogP contribution is -2.48. The van der Waals surface area contributed by atoms with Crippen molar-refractivity contribution < 1.29 is 8.42 Å². The number of benzene rings is 1. The second-order valence-electron chi connectivity index (χ2n) is 7.85. The van der Waals surface area contributed by atoms with Crippen LogP contribution >= 0.6 is 0 Å². The van der Waals surface area contributed by atoms with E-state index in [2.05, 4.69) is 38.0 Å². The van der Waals surface area contributed by atoms with Crippen molar-refractivity contribution >= 4 is 32.2 Å². The molecule has 8 heteroatoms. The molecule has 27 heavy (non-hydrogen) atoms. The Morgan fingerprint density at radius 2 is 1.93 bits per heavy atom. The maximum absolute atomic E-state index is 11.7. The monoisotopic (exact) mass is 389 g/mol. The summed E-state index contributed by atoms with van der Waals surface area (Å²) in [6, 6.07) is 6.38. The van der Waals surface area contributed by atoms with Gasteiger partial charge in [-0.3, -0.25) is 4.90 Å². The van der Waals surface area contributed by atoms with E-state index in [1.807, 2.05) is 19.0 Å². The second-order valence-corrected chi connectivity index (χ2v) is 10.1. The summed E-state index contributed by atoms with van der Waals surface area (Å²) in [6.07, 6.45) is 2.43. The van der Waals surface area contributed by atoms with Crippen molar-refractivity contribution in [1.29, 1.82) is 0 Å². The maximum Gasteiger partial charge on any atom is 0.150 e. The number of sulfone groups is 1. The van der Waals surface area contributed by atoms with Gasteiger partial charge in [0.2, 0.25) is 0 Å². The Labute approximate surface area is 160 Å². The van der Waals surface area contributed by atoms with E-state index in [1.54, 1.807) is 6.33 Å². The molecule has 4 rings (SSSR count). The number of nitrogens with zero attached hydrogens (tertiary/aromatic N) is 5. The molecule has 0 radical (unpaired) electrons. The fourth-order valence-corrected chi connectivity index (χ4v) is 6.00. The quantitative estimate of drug-likeness (QED) is 0.779.